The first-order chi connectivity index (χ1) is 17.2. The number of nitrogens with zero attached hydrogens (tertiary/aromatic N) is 6. The smallest absolute Gasteiger partial charge is 0.256 e. The van der Waals surface area contributed by atoms with Gasteiger partial charge in [0.2, 0.25) is 5.82 Å². The second-order valence-electron chi connectivity index (χ2n) is 9.59. The summed E-state index contributed by atoms with van der Waals surface area (Å²) >= 11 is 0. The lowest BCUT2D eigenvalue weighted by atomic mass is 9.98. The predicted octanol–water partition coefficient (Wildman–Crippen LogP) is 5.05. The summed E-state index contributed by atoms with van der Waals surface area (Å²) in [6.45, 7) is 2.76. The fourth-order valence-corrected chi connectivity index (χ4v) is 5.53. The number of nitrogens with one attached hydrogen (secondary N) is 1. The highest BCUT2D eigenvalue weighted by atomic mass is 16.2. The normalized spacial score (nSPS) is 17.1. The maximum atomic E-state index is 13.5. The van der Waals surface area contributed by atoms with E-state index in [2.05, 4.69) is 68.6 Å². The number of fused-ring (bicyclic) bond motifs is 1. The number of hydrogen-bond acceptors (Lipinski definition) is 5. The van der Waals surface area contributed by atoms with Crippen molar-refractivity contribution in [1.82, 2.24) is 30.1 Å². The standard InChI is InChI=1S/C27H29N7O/c1-2-3-10-24-28-27(14-6-7-15-27)26(35)34(24)18-19-11-12-22-20(17-19)13-16-33(22)23-9-5-4-8-21(23)25-29-31-32-30-25/h4-5,8-9,11-13,16-17H,2-3,6-7,10,14-15,18H2,1H3,(H,29,30,31,32). The van der Waals surface area contributed by atoms with Crippen LogP contribution in [0, 0.1) is 0 Å². The Hall–Kier alpha value is -3.81. The molecule has 0 atom stereocenters. The van der Waals surface area contributed by atoms with E-state index in [1.165, 1.54) is 0 Å². The van der Waals surface area contributed by atoms with Crippen LogP contribution in [0.3, 0.4) is 0 Å². The van der Waals surface area contributed by atoms with E-state index in [0.717, 1.165) is 78.5 Å². The highest BCUT2D eigenvalue weighted by Crippen LogP contribution is 2.40. The number of para-hydroxylation sites is 1. The number of H-pyrrole nitrogens is 1. The number of tetrazole rings is 1. The van der Waals surface area contributed by atoms with E-state index in [1.807, 2.05) is 23.1 Å². The Kier molecular flexibility index (Phi) is 5.43. The van der Waals surface area contributed by atoms with Gasteiger partial charge >= 0.3 is 0 Å². The number of carbonyl (C=O) groups excluding carboxylic acids is 1. The van der Waals surface area contributed by atoms with Crippen LogP contribution in [-0.4, -0.2) is 47.4 Å². The van der Waals surface area contributed by atoms with Crippen LogP contribution in [-0.2, 0) is 11.3 Å². The average molecular weight is 468 g/mol. The first-order valence-corrected chi connectivity index (χ1v) is 12.5. The Bertz CT molecular complexity index is 1400. The minimum absolute atomic E-state index is 0.202. The van der Waals surface area contributed by atoms with Crippen molar-refractivity contribution >= 4 is 22.6 Å². The molecule has 0 bridgehead atoms. The molecule has 1 aliphatic carbocycles. The van der Waals surface area contributed by atoms with Crippen molar-refractivity contribution in [2.45, 2.75) is 64.0 Å². The van der Waals surface area contributed by atoms with Gasteiger partial charge < -0.3 is 4.57 Å². The Morgan fingerprint density at radius 3 is 2.74 bits per heavy atom. The van der Waals surface area contributed by atoms with Crippen LogP contribution < -0.4 is 0 Å². The molecular weight excluding hydrogens is 438 g/mol. The van der Waals surface area contributed by atoms with Gasteiger partial charge in [-0.3, -0.25) is 14.7 Å². The molecule has 0 unspecified atom stereocenters. The average Bonchev–Trinajstić information content (AvgIpc) is 3.68. The van der Waals surface area contributed by atoms with Crippen molar-refractivity contribution in [1.29, 1.82) is 0 Å². The third kappa shape index (κ3) is 3.73. The minimum Gasteiger partial charge on any atom is -0.316 e. The highest BCUT2D eigenvalue weighted by molar-refractivity contribution is 6.08. The Morgan fingerprint density at radius 1 is 1.09 bits per heavy atom. The number of amides is 1. The molecule has 2 aromatic heterocycles. The summed E-state index contributed by atoms with van der Waals surface area (Å²) in [6.07, 6.45) is 9.05. The number of aromatic nitrogens is 5. The maximum Gasteiger partial charge on any atom is 0.256 e. The Labute approximate surface area is 204 Å². The number of aromatic amines is 1. The van der Waals surface area contributed by atoms with Crippen LogP contribution >= 0.6 is 0 Å². The molecular formula is C27H29N7O. The first-order valence-electron chi connectivity index (χ1n) is 12.5. The molecule has 8 nitrogen and oxygen atoms in total. The summed E-state index contributed by atoms with van der Waals surface area (Å²) in [6, 6.07) is 16.6. The number of unbranched alkanes of at least 4 members (excludes halogenated alkanes) is 1. The van der Waals surface area contributed by atoms with E-state index in [4.69, 9.17) is 4.99 Å². The molecule has 2 aliphatic rings. The zero-order valence-electron chi connectivity index (χ0n) is 19.9. The van der Waals surface area contributed by atoms with Crippen molar-refractivity contribution in [2.75, 3.05) is 0 Å². The quantitative estimate of drug-likeness (QED) is 0.411. The summed E-state index contributed by atoms with van der Waals surface area (Å²) in [5.74, 6) is 1.74. The van der Waals surface area contributed by atoms with Gasteiger partial charge in [0.1, 0.15) is 11.4 Å². The maximum absolute atomic E-state index is 13.5. The van der Waals surface area contributed by atoms with Crippen LogP contribution in [0.5, 0.6) is 0 Å². The molecule has 1 saturated carbocycles. The third-order valence-electron chi connectivity index (χ3n) is 7.33. The van der Waals surface area contributed by atoms with Crippen LogP contribution in [0.25, 0.3) is 28.0 Å². The molecule has 178 valence electrons. The number of amidine groups is 1. The Balaban J connectivity index is 1.31. The van der Waals surface area contributed by atoms with Gasteiger partial charge in [0, 0.05) is 23.6 Å². The van der Waals surface area contributed by atoms with Crippen molar-refractivity contribution in [2.24, 2.45) is 4.99 Å². The van der Waals surface area contributed by atoms with Crippen LogP contribution in [0.15, 0.2) is 59.7 Å². The molecule has 1 amide bonds. The van der Waals surface area contributed by atoms with Crippen molar-refractivity contribution < 1.29 is 4.79 Å². The van der Waals surface area contributed by atoms with E-state index in [9.17, 15) is 4.79 Å². The van der Waals surface area contributed by atoms with E-state index >= 15 is 0 Å². The van der Waals surface area contributed by atoms with Gasteiger partial charge in [-0.2, -0.15) is 5.21 Å². The van der Waals surface area contributed by atoms with Crippen LogP contribution in [0.4, 0.5) is 0 Å². The van der Waals surface area contributed by atoms with Gasteiger partial charge in [-0.25, -0.2) is 0 Å². The van der Waals surface area contributed by atoms with Gasteiger partial charge in [0.05, 0.1) is 17.7 Å². The second-order valence-corrected chi connectivity index (χ2v) is 9.59. The highest BCUT2D eigenvalue weighted by Gasteiger charge is 2.49. The van der Waals surface area contributed by atoms with Crippen molar-refractivity contribution in [3.05, 3.63) is 60.3 Å². The van der Waals surface area contributed by atoms with E-state index in [1.54, 1.807) is 0 Å². The fraction of sp³-hybridized carbons (Fsp3) is 0.370. The molecule has 1 aliphatic heterocycles. The van der Waals surface area contributed by atoms with Crippen molar-refractivity contribution in [3.63, 3.8) is 0 Å². The summed E-state index contributed by atoms with van der Waals surface area (Å²) in [7, 11) is 0. The molecule has 1 spiro atoms. The summed E-state index contributed by atoms with van der Waals surface area (Å²) in [5.41, 5.74) is 3.61. The molecule has 8 heteroatoms. The summed E-state index contributed by atoms with van der Waals surface area (Å²) < 4.78 is 2.15. The van der Waals surface area contributed by atoms with E-state index in [-0.39, 0.29) is 5.91 Å². The van der Waals surface area contributed by atoms with Crippen LogP contribution in [0.1, 0.15) is 57.4 Å². The monoisotopic (exact) mass is 467 g/mol. The van der Waals surface area contributed by atoms with Gasteiger partial charge in [0.15, 0.2) is 0 Å². The molecule has 1 N–H and O–H groups in total. The molecule has 2 aromatic carbocycles. The largest absolute Gasteiger partial charge is 0.316 e. The number of rotatable bonds is 7. The topological polar surface area (TPSA) is 92.1 Å². The molecule has 0 radical (unpaired) electrons. The summed E-state index contributed by atoms with van der Waals surface area (Å²) in [5, 5.41) is 15.7. The van der Waals surface area contributed by atoms with Gasteiger partial charge in [-0.15, -0.1) is 10.2 Å². The molecule has 35 heavy (non-hydrogen) atoms. The zero-order valence-corrected chi connectivity index (χ0v) is 19.9. The number of carbonyl (C=O) groups is 1. The second kappa shape index (κ2) is 8.76. The number of hydrogen-bond donors (Lipinski definition) is 1. The zero-order chi connectivity index (χ0) is 23.8. The lowest BCUT2D eigenvalue weighted by Gasteiger charge is -2.23. The molecule has 1 fully saturated rings. The lowest BCUT2D eigenvalue weighted by molar-refractivity contribution is -0.131. The minimum atomic E-state index is -0.491. The van der Waals surface area contributed by atoms with Gasteiger partial charge in [-0.05, 0) is 60.4 Å². The molecule has 6 rings (SSSR count). The third-order valence-corrected chi connectivity index (χ3v) is 7.33. The number of benzene rings is 2. The molecule has 4 aromatic rings. The predicted molar refractivity (Wildman–Crippen MR) is 135 cm³/mol. The van der Waals surface area contributed by atoms with E-state index < -0.39 is 5.54 Å². The van der Waals surface area contributed by atoms with Gasteiger partial charge in [-0.1, -0.05) is 44.4 Å². The van der Waals surface area contributed by atoms with Crippen molar-refractivity contribution in [3.8, 4) is 17.1 Å². The molecule has 3 heterocycles. The summed E-state index contributed by atoms with van der Waals surface area (Å²) in [4.78, 5) is 20.5. The fourth-order valence-electron chi connectivity index (χ4n) is 5.53. The lowest BCUT2D eigenvalue weighted by Crippen LogP contribution is -2.40. The number of aliphatic imine (C=N–C) groups is 1. The van der Waals surface area contributed by atoms with Gasteiger partial charge in [0.25, 0.3) is 5.91 Å². The Morgan fingerprint density at radius 2 is 1.94 bits per heavy atom. The SMILES string of the molecule is CCCCC1=NC2(CCCC2)C(=O)N1Cc1ccc2c(ccn2-c2ccccc2-c2nn[nH]n2)c1. The molecule has 0 saturated heterocycles. The first kappa shape index (κ1) is 21.7. The van der Waals surface area contributed by atoms with Crippen LogP contribution in [0.2, 0.25) is 0 Å². The van der Waals surface area contributed by atoms with E-state index in [0.29, 0.717) is 12.4 Å².